The second kappa shape index (κ2) is 3.46. The first-order valence-corrected chi connectivity index (χ1v) is 4.58. The molecule has 4 N–H and O–H groups in total. The molecule has 0 aliphatic carbocycles. The van der Waals surface area contributed by atoms with Gasteiger partial charge in [0.25, 0.3) is 5.56 Å². The van der Waals surface area contributed by atoms with E-state index in [1.54, 1.807) is 16.8 Å². The molecule has 1 rings (SSSR count). The number of nitrogen functional groups attached to an aromatic ring is 1. The van der Waals surface area contributed by atoms with Gasteiger partial charge in [0.1, 0.15) is 0 Å². The highest BCUT2D eigenvalue weighted by Crippen LogP contribution is 2.13. The summed E-state index contributed by atoms with van der Waals surface area (Å²) in [5, 5.41) is 0. The first-order chi connectivity index (χ1) is 6.36. The van der Waals surface area contributed by atoms with Gasteiger partial charge in [0.2, 0.25) is 0 Å². The largest absolute Gasteiger partial charge is 0.398 e. The van der Waals surface area contributed by atoms with E-state index in [0.29, 0.717) is 11.3 Å². The maximum Gasteiger partial charge on any atom is 0.255 e. The van der Waals surface area contributed by atoms with Crippen LogP contribution in [0, 0.1) is 0 Å². The van der Waals surface area contributed by atoms with Crippen molar-refractivity contribution in [1.29, 1.82) is 0 Å². The van der Waals surface area contributed by atoms with Gasteiger partial charge in [0, 0.05) is 29.5 Å². The second-order valence-corrected chi connectivity index (χ2v) is 4.35. The summed E-state index contributed by atoms with van der Waals surface area (Å²) in [4.78, 5) is 11.8. The molecule has 0 radical (unpaired) electrons. The normalized spacial score (nSPS) is 11.7. The van der Waals surface area contributed by atoms with E-state index >= 15 is 0 Å². The van der Waals surface area contributed by atoms with Crippen LogP contribution in [-0.4, -0.2) is 4.57 Å². The smallest absolute Gasteiger partial charge is 0.255 e. The van der Waals surface area contributed by atoms with Gasteiger partial charge in [0.15, 0.2) is 0 Å². The van der Waals surface area contributed by atoms with Gasteiger partial charge in [-0.3, -0.25) is 4.79 Å². The molecule has 4 nitrogen and oxygen atoms in total. The number of nitrogens with two attached hydrogens (primary N) is 2. The van der Waals surface area contributed by atoms with E-state index in [1.807, 2.05) is 20.8 Å². The third kappa shape index (κ3) is 1.96. The molecule has 1 aromatic heterocycles. The van der Waals surface area contributed by atoms with E-state index in [2.05, 4.69) is 0 Å². The van der Waals surface area contributed by atoms with E-state index in [0.717, 1.165) is 0 Å². The Morgan fingerprint density at radius 1 is 1.43 bits per heavy atom. The fourth-order valence-corrected chi connectivity index (χ4v) is 1.31. The standard InChI is InChI=1S/C10H17N3O/c1-10(2,3)13-6-8(12)4-7(5-11)9(13)14/h4,6H,5,11-12H2,1-3H3. The molecule has 4 heteroatoms. The Labute approximate surface area is 83.5 Å². The molecule has 0 fully saturated rings. The lowest BCUT2D eigenvalue weighted by Crippen LogP contribution is -2.36. The molecule has 1 aromatic rings. The molecule has 0 spiro atoms. The predicted octanol–water partition coefficient (Wildman–Crippen LogP) is 0.644. The summed E-state index contributed by atoms with van der Waals surface area (Å²) in [5.74, 6) is 0. The molecule has 0 amide bonds. The van der Waals surface area contributed by atoms with Gasteiger partial charge in [-0.2, -0.15) is 0 Å². The highest BCUT2D eigenvalue weighted by Gasteiger charge is 2.16. The Kier molecular flexibility index (Phi) is 2.66. The van der Waals surface area contributed by atoms with Crippen LogP contribution >= 0.6 is 0 Å². The Bertz CT molecular complexity index is 387. The SMILES string of the molecule is CC(C)(C)n1cc(N)cc(CN)c1=O. The fourth-order valence-electron chi connectivity index (χ4n) is 1.31. The minimum Gasteiger partial charge on any atom is -0.398 e. The molecule has 0 saturated heterocycles. The van der Waals surface area contributed by atoms with Crippen LogP contribution in [-0.2, 0) is 12.1 Å². The lowest BCUT2D eigenvalue weighted by molar-refractivity contribution is 0.383. The van der Waals surface area contributed by atoms with E-state index in [-0.39, 0.29) is 17.6 Å². The van der Waals surface area contributed by atoms with Crippen LogP contribution in [0.1, 0.15) is 26.3 Å². The molecule has 0 saturated carbocycles. The number of hydrogen-bond acceptors (Lipinski definition) is 3. The molecule has 0 aromatic carbocycles. The van der Waals surface area contributed by atoms with E-state index in [4.69, 9.17) is 11.5 Å². The molecule has 1 heterocycles. The summed E-state index contributed by atoms with van der Waals surface area (Å²) < 4.78 is 1.62. The maximum absolute atomic E-state index is 11.8. The van der Waals surface area contributed by atoms with Crippen molar-refractivity contribution in [2.75, 3.05) is 5.73 Å². The summed E-state index contributed by atoms with van der Waals surface area (Å²) in [6, 6.07) is 1.63. The van der Waals surface area contributed by atoms with Crippen LogP contribution < -0.4 is 17.0 Å². The maximum atomic E-state index is 11.8. The van der Waals surface area contributed by atoms with Crippen molar-refractivity contribution < 1.29 is 0 Å². The van der Waals surface area contributed by atoms with Crippen LogP contribution in [0.25, 0.3) is 0 Å². The molecule has 0 aliphatic heterocycles. The molecule has 78 valence electrons. The molecular formula is C10H17N3O. The average molecular weight is 195 g/mol. The monoisotopic (exact) mass is 195 g/mol. The van der Waals surface area contributed by atoms with Crippen molar-refractivity contribution in [1.82, 2.24) is 4.57 Å². The number of pyridine rings is 1. The third-order valence-corrected chi connectivity index (χ3v) is 2.06. The minimum atomic E-state index is -0.267. The molecule has 0 bridgehead atoms. The zero-order valence-corrected chi connectivity index (χ0v) is 8.87. The van der Waals surface area contributed by atoms with Gasteiger partial charge in [-0.1, -0.05) is 0 Å². The van der Waals surface area contributed by atoms with Crippen molar-refractivity contribution in [2.45, 2.75) is 32.9 Å². The van der Waals surface area contributed by atoms with Gasteiger partial charge in [-0.25, -0.2) is 0 Å². The Morgan fingerprint density at radius 2 is 2.00 bits per heavy atom. The average Bonchev–Trinajstić information content (AvgIpc) is 2.06. The van der Waals surface area contributed by atoms with Gasteiger partial charge in [-0.15, -0.1) is 0 Å². The van der Waals surface area contributed by atoms with Crippen LogP contribution in [0.2, 0.25) is 0 Å². The van der Waals surface area contributed by atoms with Gasteiger partial charge in [0.05, 0.1) is 0 Å². The number of aromatic nitrogens is 1. The van der Waals surface area contributed by atoms with Crippen molar-refractivity contribution >= 4 is 5.69 Å². The summed E-state index contributed by atoms with van der Waals surface area (Å²) in [6.07, 6.45) is 1.65. The summed E-state index contributed by atoms with van der Waals surface area (Å²) in [5.41, 5.74) is 11.9. The molecule has 0 aliphatic rings. The van der Waals surface area contributed by atoms with Crippen LogP contribution in [0.5, 0.6) is 0 Å². The lowest BCUT2D eigenvalue weighted by atomic mass is 10.1. The van der Waals surface area contributed by atoms with E-state index < -0.39 is 0 Å². The zero-order valence-electron chi connectivity index (χ0n) is 8.87. The highest BCUT2D eigenvalue weighted by molar-refractivity contribution is 5.38. The van der Waals surface area contributed by atoms with Crippen LogP contribution in [0.15, 0.2) is 17.1 Å². The summed E-state index contributed by atoms with van der Waals surface area (Å²) >= 11 is 0. The Hall–Kier alpha value is -1.29. The second-order valence-electron chi connectivity index (χ2n) is 4.35. The Morgan fingerprint density at radius 3 is 2.43 bits per heavy atom. The molecular weight excluding hydrogens is 178 g/mol. The number of anilines is 1. The molecule has 0 atom stereocenters. The van der Waals surface area contributed by atoms with Crippen molar-refractivity contribution in [2.24, 2.45) is 5.73 Å². The van der Waals surface area contributed by atoms with Crippen molar-refractivity contribution in [3.63, 3.8) is 0 Å². The van der Waals surface area contributed by atoms with Crippen molar-refractivity contribution in [3.05, 3.63) is 28.2 Å². The van der Waals surface area contributed by atoms with Crippen LogP contribution in [0.4, 0.5) is 5.69 Å². The first kappa shape index (κ1) is 10.8. The van der Waals surface area contributed by atoms with E-state index in [1.165, 1.54) is 0 Å². The first-order valence-electron chi connectivity index (χ1n) is 4.58. The van der Waals surface area contributed by atoms with E-state index in [9.17, 15) is 4.79 Å². The predicted molar refractivity (Wildman–Crippen MR) is 58.0 cm³/mol. The third-order valence-electron chi connectivity index (χ3n) is 2.06. The number of hydrogen-bond donors (Lipinski definition) is 2. The summed E-state index contributed by atoms with van der Waals surface area (Å²) in [6.45, 7) is 6.08. The quantitative estimate of drug-likeness (QED) is 0.690. The molecule has 14 heavy (non-hydrogen) atoms. The topological polar surface area (TPSA) is 74.0 Å². The number of rotatable bonds is 1. The summed E-state index contributed by atoms with van der Waals surface area (Å²) in [7, 11) is 0. The minimum absolute atomic E-state index is 0.0609. The van der Waals surface area contributed by atoms with Gasteiger partial charge in [-0.05, 0) is 26.8 Å². The zero-order chi connectivity index (χ0) is 10.9. The Balaban J connectivity index is 3.45. The lowest BCUT2D eigenvalue weighted by Gasteiger charge is -2.23. The number of nitrogens with zero attached hydrogens (tertiary/aromatic N) is 1. The highest BCUT2D eigenvalue weighted by atomic mass is 16.1. The van der Waals surface area contributed by atoms with Crippen LogP contribution in [0.3, 0.4) is 0 Å². The fraction of sp³-hybridized carbons (Fsp3) is 0.500. The molecule has 0 unspecified atom stereocenters. The van der Waals surface area contributed by atoms with Gasteiger partial charge < -0.3 is 16.0 Å². The van der Waals surface area contributed by atoms with Gasteiger partial charge >= 0.3 is 0 Å². The van der Waals surface area contributed by atoms with Crippen molar-refractivity contribution in [3.8, 4) is 0 Å².